The summed E-state index contributed by atoms with van der Waals surface area (Å²) in [4.78, 5) is 22.4. The SMILES string of the molecule is COc1c(C(N)=O)ccc(C(=O)O)c1CC#CCO. The molecule has 6 heteroatoms. The van der Waals surface area contributed by atoms with E-state index in [4.69, 9.17) is 20.7 Å². The summed E-state index contributed by atoms with van der Waals surface area (Å²) in [6, 6.07) is 2.58. The Kier molecular flexibility index (Phi) is 4.92. The van der Waals surface area contributed by atoms with E-state index in [0.29, 0.717) is 0 Å². The van der Waals surface area contributed by atoms with Crippen LogP contribution in [0.2, 0.25) is 0 Å². The number of aliphatic hydroxyl groups is 1. The minimum Gasteiger partial charge on any atom is -0.496 e. The summed E-state index contributed by atoms with van der Waals surface area (Å²) in [7, 11) is 1.32. The van der Waals surface area contributed by atoms with E-state index in [-0.39, 0.29) is 35.5 Å². The van der Waals surface area contributed by atoms with Crippen molar-refractivity contribution in [3.8, 4) is 17.6 Å². The fraction of sp³-hybridized carbons (Fsp3) is 0.231. The number of carbonyl (C=O) groups excluding carboxylic acids is 1. The van der Waals surface area contributed by atoms with E-state index in [1.807, 2.05) is 0 Å². The first-order valence-electron chi connectivity index (χ1n) is 5.32. The molecule has 0 bridgehead atoms. The number of methoxy groups -OCH3 is 1. The van der Waals surface area contributed by atoms with Crippen LogP contribution in [0.15, 0.2) is 12.1 Å². The van der Waals surface area contributed by atoms with E-state index in [2.05, 4.69) is 11.8 Å². The van der Waals surface area contributed by atoms with E-state index in [1.165, 1.54) is 19.2 Å². The van der Waals surface area contributed by atoms with E-state index in [9.17, 15) is 9.59 Å². The van der Waals surface area contributed by atoms with Gasteiger partial charge in [-0.15, -0.1) is 0 Å². The monoisotopic (exact) mass is 263 g/mol. The van der Waals surface area contributed by atoms with E-state index >= 15 is 0 Å². The molecule has 0 saturated heterocycles. The average molecular weight is 263 g/mol. The van der Waals surface area contributed by atoms with Crippen molar-refractivity contribution in [3.63, 3.8) is 0 Å². The Balaban J connectivity index is 3.45. The number of carbonyl (C=O) groups is 2. The third-order valence-electron chi connectivity index (χ3n) is 2.43. The van der Waals surface area contributed by atoms with Crippen LogP contribution in [0.1, 0.15) is 26.3 Å². The molecule has 0 spiro atoms. The molecule has 0 fully saturated rings. The third kappa shape index (κ3) is 3.24. The van der Waals surface area contributed by atoms with Gasteiger partial charge in [-0.25, -0.2) is 4.79 Å². The molecule has 0 aromatic heterocycles. The predicted molar refractivity (Wildman–Crippen MR) is 67.0 cm³/mol. The lowest BCUT2D eigenvalue weighted by atomic mass is 9.99. The topological polar surface area (TPSA) is 110 Å². The molecule has 1 aromatic carbocycles. The number of carboxylic acid groups (broad SMARTS) is 1. The number of carboxylic acids is 1. The highest BCUT2D eigenvalue weighted by atomic mass is 16.5. The first-order chi connectivity index (χ1) is 9.02. The van der Waals surface area contributed by atoms with E-state index in [0.717, 1.165) is 0 Å². The molecule has 1 rings (SSSR count). The maximum Gasteiger partial charge on any atom is 0.336 e. The van der Waals surface area contributed by atoms with Crippen LogP contribution in [0.3, 0.4) is 0 Å². The van der Waals surface area contributed by atoms with Gasteiger partial charge in [0, 0.05) is 12.0 Å². The zero-order valence-electron chi connectivity index (χ0n) is 10.3. The van der Waals surface area contributed by atoms with Crippen LogP contribution >= 0.6 is 0 Å². The van der Waals surface area contributed by atoms with Crippen molar-refractivity contribution in [2.75, 3.05) is 13.7 Å². The van der Waals surface area contributed by atoms with Crippen molar-refractivity contribution in [2.24, 2.45) is 5.73 Å². The van der Waals surface area contributed by atoms with Crippen LogP contribution in [-0.4, -0.2) is 35.8 Å². The largest absolute Gasteiger partial charge is 0.496 e. The lowest BCUT2D eigenvalue weighted by Gasteiger charge is -2.12. The van der Waals surface area contributed by atoms with Crippen molar-refractivity contribution in [2.45, 2.75) is 6.42 Å². The molecule has 4 N–H and O–H groups in total. The molecule has 19 heavy (non-hydrogen) atoms. The van der Waals surface area contributed by atoms with Crippen molar-refractivity contribution >= 4 is 11.9 Å². The Morgan fingerprint density at radius 3 is 2.42 bits per heavy atom. The van der Waals surface area contributed by atoms with Gasteiger partial charge in [0.2, 0.25) is 0 Å². The van der Waals surface area contributed by atoms with E-state index < -0.39 is 11.9 Å². The molecule has 100 valence electrons. The molecule has 0 unspecified atom stereocenters. The second-order valence-electron chi connectivity index (χ2n) is 3.53. The number of amides is 1. The van der Waals surface area contributed by atoms with Crippen molar-refractivity contribution < 1.29 is 24.5 Å². The number of nitrogens with two attached hydrogens (primary N) is 1. The molecule has 0 heterocycles. The van der Waals surface area contributed by atoms with Crippen molar-refractivity contribution in [1.29, 1.82) is 0 Å². The fourth-order valence-corrected chi connectivity index (χ4v) is 1.64. The maximum absolute atomic E-state index is 11.3. The van der Waals surface area contributed by atoms with Crippen LogP contribution < -0.4 is 10.5 Å². The quantitative estimate of drug-likeness (QED) is 0.664. The van der Waals surface area contributed by atoms with Crippen LogP contribution in [0.4, 0.5) is 0 Å². The predicted octanol–water partition coefficient (Wildman–Crippen LogP) is 0.0305. The van der Waals surface area contributed by atoms with E-state index in [1.54, 1.807) is 0 Å². The molecular weight excluding hydrogens is 250 g/mol. The van der Waals surface area contributed by atoms with Crippen LogP contribution in [-0.2, 0) is 6.42 Å². The molecule has 0 aliphatic rings. The van der Waals surface area contributed by atoms with Crippen molar-refractivity contribution in [1.82, 2.24) is 0 Å². The molecule has 0 saturated carbocycles. The minimum absolute atomic E-state index is 0.0194. The average Bonchev–Trinajstić information content (AvgIpc) is 2.37. The summed E-state index contributed by atoms with van der Waals surface area (Å²) in [6.45, 7) is -0.333. The Morgan fingerprint density at radius 1 is 1.32 bits per heavy atom. The van der Waals surface area contributed by atoms with Gasteiger partial charge in [0.25, 0.3) is 5.91 Å². The summed E-state index contributed by atoms with van der Waals surface area (Å²) in [5, 5.41) is 17.7. The lowest BCUT2D eigenvalue weighted by molar-refractivity contribution is 0.0694. The molecule has 1 aromatic rings. The Bertz CT molecular complexity index is 568. The fourth-order valence-electron chi connectivity index (χ4n) is 1.64. The Labute approximate surface area is 109 Å². The van der Waals surface area contributed by atoms with Gasteiger partial charge in [-0.05, 0) is 12.1 Å². The number of aromatic carboxylic acids is 1. The standard InChI is InChI=1S/C13H13NO5/c1-19-11-8(4-2-3-7-15)9(13(17)18)5-6-10(11)12(14)16/h5-6,15H,4,7H2,1H3,(H2,14,16)(H,17,18). The van der Waals surface area contributed by atoms with Crippen molar-refractivity contribution in [3.05, 3.63) is 28.8 Å². The van der Waals surface area contributed by atoms with Gasteiger partial charge in [-0.2, -0.15) is 0 Å². The number of ether oxygens (including phenoxy) is 1. The van der Waals surface area contributed by atoms with Gasteiger partial charge in [0.05, 0.1) is 18.2 Å². The summed E-state index contributed by atoms with van der Waals surface area (Å²) >= 11 is 0. The summed E-state index contributed by atoms with van der Waals surface area (Å²) in [6.07, 6.45) is 0.0342. The molecule has 0 aliphatic heterocycles. The number of hydrogen-bond donors (Lipinski definition) is 3. The minimum atomic E-state index is -1.16. The van der Waals surface area contributed by atoms with Gasteiger partial charge in [-0.1, -0.05) is 11.8 Å². The first kappa shape index (κ1) is 14.5. The number of primary amides is 1. The molecule has 0 atom stereocenters. The lowest BCUT2D eigenvalue weighted by Crippen LogP contribution is -2.15. The second-order valence-corrected chi connectivity index (χ2v) is 3.53. The third-order valence-corrected chi connectivity index (χ3v) is 2.43. The maximum atomic E-state index is 11.3. The highest BCUT2D eigenvalue weighted by molar-refractivity contribution is 5.99. The van der Waals surface area contributed by atoms with Gasteiger partial charge in [-0.3, -0.25) is 4.79 Å². The van der Waals surface area contributed by atoms with Gasteiger partial charge >= 0.3 is 5.97 Å². The zero-order chi connectivity index (χ0) is 14.4. The summed E-state index contributed by atoms with van der Waals surface area (Å²) < 4.78 is 5.06. The normalized spacial score (nSPS) is 9.37. The van der Waals surface area contributed by atoms with Gasteiger partial charge < -0.3 is 20.7 Å². The number of aliphatic hydroxyl groups excluding tert-OH is 1. The Morgan fingerprint density at radius 2 is 1.95 bits per heavy atom. The molecular formula is C13H13NO5. The van der Waals surface area contributed by atoms with Crippen LogP contribution in [0.25, 0.3) is 0 Å². The zero-order valence-corrected chi connectivity index (χ0v) is 10.3. The van der Waals surface area contributed by atoms with Crippen LogP contribution in [0.5, 0.6) is 5.75 Å². The second kappa shape index (κ2) is 6.42. The molecule has 0 aliphatic carbocycles. The molecule has 6 nitrogen and oxygen atoms in total. The van der Waals surface area contributed by atoms with Gasteiger partial charge in [0.15, 0.2) is 0 Å². The molecule has 1 amide bonds. The Hall–Kier alpha value is -2.52. The molecule has 0 radical (unpaired) electrons. The number of rotatable bonds is 4. The van der Waals surface area contributed by atoms with Gasteiger partial charge in [0.1, 0.15) is 12.4 Å². The number of benzene rings is 1. The highest BCUT2D eigenvalue weighted by Crippen LogP contribution is 2.27. The smallest absolute Gasteiger partial charge is 0.336 e. The number of hydrogen-bond acceptors (Lipinski definition) is 4. The van der Waals surface area contributed by atoms with Crippen LogP contribution in [0, 0.1) is 11.8 Å². The summed E-state index contributed by atoms with van der Waals surface area (Å²) in [5.41, 5.74) is 5.53. The summed E-state index contributed by atoms with van der Waals surface area (Å²) in [5.74, 6) is 3.22. The first-order valence-corrected chi connectivity index (χ1v) is 5.32. The highest BCUT2D eigenvalue weighted by Gasteiger charge is 2.20.